The van der Waals surface area contributed by atoms with E-state index in [0.717, 1.165) is 0 Å². The third kappa shape index (κ3) is 3.84. The van der Waals surface area contributed by atoms with Gasteiger partial charge in [0, 0.05) is 6.04 Å². The van der Waals surface area contributed by atoms with E-state index in [1.54, 1.807) is 0 Å². The Morgan fingerprint density at radius 2 is 2.09 bits per heavy atom. The van der Waals surface area contributed by atoms with Crippen LogP contribution >= 0.6 is 0 Å². The molecule has 124 valence electrons. The SMILES string of the molecule is Cc1noc(C)c1S(=O)(=O)NCC(=O)NC1CCS(=O)(=O)C1. The first-order valence-electron chi connectivity index (χ1n) is 6.53. The summed E-state index contributed by atoms with van der Waals surface area (Å²) in [6, 6.07) is -0.471. The van der Waals surface area contributed by atoms with Crippen molar-refractivity contribution in [1.29, 1.82) is 0 Å². The van der Waals surface area contributed by atoms with Crippen LogP contribution in [0.1, 0.15) is 17.9 Å². The van der Waals surface area contributed by atoms with Gasteiger partial charge in [0.05, 0.1) is 18.1 Å². The van der Waals surface area contributed by atoms with Crippen molar-refractivity contribution in [2.45, 2.75) is 31.2 Å². The number of sulfone groups is 1. The highest BCUT2D eigenvalue weighted by molar-refractivity contribution is 7.91. The van der Waals surface area contributed by atoms with Crippen molar-refractivity contribution in [3.63, 3.8) is 0 Å². The lowest BCUT2D eigenvalue weighted by atomic mass is 10.2. The first kappa shape index (κ1) is 16.9. The number of amides is 1. The topological polar surface area (TPSA) is 135 Å². The van der Waals surface area contributed by atoms with Crippen LogP contribution in [0.3, 0.4) is 0 Å². The fraction of sp³-hybridized carbons (Fsp3) is 0.636. The molecule has 0 spiro atoms. The lowest BCUT2D eigenvalue weighted by Crippen LogP contribution is -2.42. The lowest BCUT2D eigenvalue weighted by Gasteiger charge is -2.11. The molecular weight excluding hydrogens is 334 g/mol. The van der Waals surface area contributed by atoms with Gasteiger partial charge < -0.3 is 9.84 Å². The van der Waals surface area contributed by atoms with Crippen molar-refractivity contribution < 1.29 is 26.2 Å². The van der Waals surface area contributed by atoms with Crippen LogP contribution in [0.4, 0.5) is 0 Å². The Bertz CT molecular complexity index is 761. The Labute approximate surface area is 128 Å². The molecule has 1 aliphatic rings. The van der Waals surface area contributed by atoms with Crippen molar-refractivity contribution in [2.75, 3.05) is 18.1 Å². The molecule has 0 saturated carbocycles. The molecule has 1 aromatic rings. The van der Waals surface area contributed by atoms with Crippen LogP contribution < -0.4 is 10.0 Å². The summed E-state index contributed by atoms with van der Waals surface area (Å²) in [5.41, 5.74) is 0.201. The zero-order valence-corrected chi connectivity index (χ0v) is 13.8. The van der Waals surface area contributed by atoms with Crippen molar-refractivity contribution >= 4 is 25.8 Å². The normalized spacial score (nSPS) is 20.9. The van der Waals surface area contributed by atoms with Gasteiger partial charge in [-0.15, -0.1) is 0 Å². The fourth-order valence-corrected chi connectivity index (χ4v) is 5.26. The molecule has 0 aromatic carbocycles. The third-order valence-electron chi connectivity index (χ3n) is 3.26. The van der Waals surface area contributed by atoms with Crippen LogP contribution in [0, 0.1) is 13.8 Å². The Hall–Kier alpha value is -1.46. The number of sulfonamides is 1. The van der Waals surface area contributed by atoms with Gasteiger partial charge in [0.1, 0.15) is 10.6 Å². The monoisotopic (exact) mass is 351 g/mol. The van der Waals surface area contributed by atoms with Crippen molar-refractivity contribution in [2.24, 2.45) is 0 Å². The van der Waals surface area contributed by atoms with E-state index in [9.17, 15) is 21.6 Å². The maximum absolute atomic E-state index is 12.1. The molecule has 1 atom stereocenters. The minimum absolute atomic E-state index is 0.0305. The Morgan fingerprint density at radius 1 is 1.41 bits per heavy atom. The predicted octanol–water partition coefficient (Wildman–Crippen LogP) is -1.13. The highest BCUT2D eigenvalue weighted by atomic mass is 32.2. The number of aryl methyl sites for hydroxylation is 2. The highest BCUT2D eigenvalue weighted by Gasteiger charge is 2.29. The number of nitrogens with one attached hydrogen (secondary N) is 2. The predicted molar refractivity (Wildman–Crippen MR) is 76.4 cm³/mol. The molecule has 1 fully saturated rings. The smallest absolute Gasteiger partial charge is 0.246 e. The Kier molecular flexibility index (Phi) is 4.59. The first-order chi connectivity index (χ1) is 10.1. The van der Waals surface area contributed by atoms with Gasteiger partial charge in [0.25, 0.3) is 0 Å². The Morgan fingerprint density at radius 3 is 2.59 bits per heavy atom. The highest BCUT2D eigenvalue weighted by Crippen LogP contribution is 2.18. The van der Waals surface area contributed by atoms with Gasteiger partial charge in [-0.1, -0.05) is 5.16 Å². The van der Waals surface area contributed by atoms with Gasteiger partial charge in [-0.25, -0.2) is 21.6 Å². The summed E-state index contributed by atoms with van der Waals surface area (Å²) < 4.78 is 53.7. The van der Waals surface area contributed by atoms with Crippen LogP contribution in [0.2, 0.25) is 0 Å². The third-order valence-corrected chi connectivity index (χ3v) is 6.67. The lowest BCUT2D eigenvalue weighted by molar-refractivity contribution is -0.120. The van der Waals surface area contributed by atoms with Crippen molar-refractivity contribution in [1.82, 2.24) is 15.2 Å². The van der Waals surface area contributed by atoms with Crippen LogP contribution in [0.5, 0.6) is 0 Å². The molecule has 1 saturated heterocycles. The molecule has 1 aliphatic heterocycles. The Balaban J connectivity index is 1.94. The van der Waals surface area contributed by atoms with E-state index in [1.807, 2.05) is 0 Å². The maximum Gasteiger partial charge on any atom is 0.246 e. The molecule has 0 aliphatic carbocycles. The number of aromatic nitrogens is 1. The van der Waals surface area contributed by atoms with E-state index in [1.165, 1.54) is 13.8 Å². The molecule has 2 N–H and O–H groups in total. The molecule has 0 bridgehead atoms. The number of rotatable bonds is 5. The van der Waals surface area contributed by atoms with Gasteiger partial charge in [0.15, 0.2) is 15.6 Å². The summed E-state index contributed by atoms with van der Waals surface area (Å²) in [6.45, 7) is 2.45. The fourth-order valence-electron chi connectivity index (χ4n) is 2.28. The van der Waals surface area contributed by atoms with E-state index < -0.39 is 38.4 Å². The van der Waals surface area contributed by atoms with Crippen LogP contribution in [0.25, 0.3) is 0 Å². The second-order valence-corrected chi connectivity index (χ2v) is 9.08. The minimum atomic E-state index is -3.92. The zero-order chi connectivity index (χ0) is 16.5. The van der Waals surface area contributed by atoms with Crippen LogP contribution in [-0.2, 0) is 24.7 Å². The summed E-state index contributed by atoms with van der Waals surface area (Å²) in [5.74, 6) is -0.539. The second-order valence-electron chi connectivity index (χ2n) is 5.15. The summed E-state index contributed by atoms with van der Waals surface area (Å²) in [5, 5.41) is 6.04. The number of carbonyl (C=O) groups excluding carboxylic acids is 1. The molecular formula is C11H17N3O6S2. The first-order valence-corrected chi connectivity index (χ1v) is 9.83. The van der Waals surface area contributed by atoms with E-state index >= 15 is 0 Å². The quantitative estimate of drug-likeness (QED) is 0.685. The largest absolute Gasteiger partial charge is 0.360 e. The van der Waals surface area contributed by atoms with Gasteiger partial charge >= 0.3 is 0 Å². The molecule has 2 heterocycles. The van der Waals surface area contributed by atoms with Crippen LogP contribution in [-0.4, -0.2) is 52.0 Å². The molecule has 22 heavy (non-hydrogen) atoms. The molecule has 0 radical (unpaired) electrons. The van der Waals surface area contributed by atoms with Gasteiger partial charge in [-0.05, 0) is 20.3 Å². The number of carbonyl (C=O) groups is 1. The standard InChI is InChI=1S/C11H17N3O6S2/c1-7-11(8(2)20-14-7)22(18,19)12-5-10(15)13-9-3-4-21(16,17)6-9/h9,12H,3-6H2,1-2H3,(H,13,15). The summed E-state index contributed by atoms with van der Waals surface area (Å²) in [7, 11) is -7.02. The average molecular weight is 351 g/mol. The molecule has 2 rings (SSSR count). The van der Waals surface area contributed by atoms with Crippen molar-refractivity contribution in [3.8, 4) is 0 Å². The van der Waals surface area contributed by atoms with E-state index in [-0.39, 0.29) is 27.9 Å². The van der Waals surface area contributed by atoms with Gasteiger partial charge in [0.2, 0.25) is 15.9 Å². The molecule has 1 aromatic heterocycles. The van der Waals surface area contributed by atoms with E-state index in [2.05, 4.69) is 15.2 Å². The minimum Gasteiger partial charge on any atom is -0.360 e. The summed E-state index contributed by atoms with van der Waals surface area (Å²) in [6.07, 6.45) is 0.338. The van der Waals surface area contributed by atoms with E-state index in [0.29, 0.717) is 6.42 Å². The summed E-state index contributed by atoms with van der Waals surface area (Å²) in [4.78, 5) is 11.6. The number of hydrogen-bond donors (Lipinski definition) is 2. The molecule has 1 amide bonds. The molecule has 9 nitrogen and oxygen atoms in total. The zero-order valence-electron chi connectivity index (χ0n) is 12.1. The summed E-state index contributed by atoms with van der Waals surface area (Å²) >= 11 is 0. The molecule has 1 unspecified atom stereocenters. The average Bonchev–Trinajstić information content (AvgIpc) is 2.90. The van der Waals surface area contributed by atoms with Gasteiger partial charge in [-0.3, -0.25) is 4.79 Å². The van der Waals surface area contributed by atoms with Gasteiger partial charge in [-0.2, -0.15) is 0 Å². The van der Waals surface area contributed by atoms with Crippen LogP contribution in [0.15, 0.2) is 9.42 Å². The van der Waals surface area contributed by atoms with E-state index in [4.69, 9.17) is 4.52 Å². The maximum atomic E-state index is 12.1. The van der Waals surface area contributed by atoms with Crippen molar-refractivity contribution in [3.05, 3.63) is 11.5 Å². The number of hydrogen-bond acceptors (Lipinski definition) is 7. The molecule has 11 heteroatoms. The second kappa shape index (κ2) is 5.97. The number of nitrogens with zero attached hydrogens (tertiary/aromatic N) is 1.